The topological polar surface area (TPSA) is 55.1 Å². The molecule has 0 radical (unpaired) electrons. The van der Waals surface area contributed by atoms with Crippen LogP contribution in [0.1, 0.15) is 59.8 Å². The monoisotopic (exact) mass is 254 g/mol. The molecule has 3 heteroatoms. The van der Waals surface area contributed by atoms with E-state index in [2.05, 4.69) is 33.0 Å². The second-order valence-electron chi connectivity index (χ2n) is 6.93. The summed E-state index contributed by atoms with van der Waals surface area (Å²) >= 11 is 0. The van der Waals surface area contributed by atoms with Gasteiger partial charge in [0.2, 0.25) is 5.91 Å². The molecule has 0 spiro atoms. The van der Waals surface area contributed by atoms with Gasteiger partial charge in [-0.15, -0.1) is 0 Å². The van der Waals surface area contributed by atoms with Crippen molar-refractivity contribution in [1.82, 2.24) is 5.32 Å². The summed E-state index contributed by atoms with van der Waals surface area (Å²) in [7, 11) is 0. The highest BCUT2D eigenvalue weighted by atomic mass is 16.1. The number of nitrogens with one attached hydrogen (secondary N) is 1. The third kappa shape index (κ3) is 4.60. The van der Waals surface area contributed by atoms with E-state index in [0.29, 0.717) is 30.8 Å². The first-order valence-corrected chi connectivity index (χ1v) is 7.34. The molecule has 1 fully saturated rings. The first-order chi connectivity index (χ1) is 8.34. The summed E-state index contributed by atoms with van der Waals surface area (Å²) in [6.45, 7) is 9.41. The van der Waals surface area contributed by atoms with Crippen LogP contribution in [-0.2, 0) is 4.79 Å². The molecular formula is C15H30N2O. The predicted octanol–water partition coefficient (Wildman–Crippen LogP) is 2.69. The normalized spacial score (nSPS) is 26.7. The van der Waals surface area contributed by atoms with Crippen molar-refractivity contribution in [3.8, 4) is 0 Å². The molecule has 1 amide bonds. The summed E-state index contributed by atoms with van der Waals surface area (Å²) in [5.41, 5.74) is 5.98. The molecule has 0 saturated heterocycles. The Kier molecular flexibility index (Phi) is 5.64. The third-order valence-corrected chi connectivity index (χ3v) is 4.53. The Bertz CT molecular complexity index is 270. The van der Waals surface area contributed by atoms with Crippen LogP contribution >= 0.6 is 0 Å². The molecule has 0 bridgehead atoms. The maximum Gasteiger partial charge on any atom is 0.220 e. The van der Waals surface area contributed by atoms with Crippen molar-refractivity contribution in [2.45, 2.75) is 65.8 Å². The number of rotatable bonds is 4. The zero-order valence-corrected chi connectivity index (χ0v) is 12.5. The lowest BCUT2D eigenvalue weighted by Crippen LogP contribution is -2.45. The molecule has 18 heavy (non-hydrogen) atoms. The fourth-order valence-electron chi connectivity index (χ4n) is 2.53. The van der Waals surface area contributed by atoms with Crippen LogP contribution in [0.5, 0.6) is 0 Å². The fourth-order valence-corrected chi connectivity index (χ4v) is 2.53. The lowest BCUT2D eigenvalue weighted by Gasteiger charge is -2.32. The molecule has 3 unspecified atom stereocenters. The highest BCUT2D eigenvalue weighted by Gasteiger charge is 2.27. The molecule has 106 valence electrons. The van der Waals surface area contributed by atoms with E-state index in [1.807, 2.05) is 0 Å². The summed E-state index contributed by atoms with van der Waals surface area (Å²) in [4.78, 5) is 12.1. The van der Waals surface area contributed by atoms with Crippen molar-refractivity contribution in [2.75, 3.05) is 6.54 Å². The average Bonchev–Trinajstić information content (AvgIpc) is 2.28. The summed E-state index contributed by atoms with van der Waals surface area (Å²) in [6, 6.07) is 0.309. The number of hydrogen-bond donors (Lipinski definition) is 2. The van der Waals surface area contributed by atoms with E-state index in [9.17, 15) is 4.79 Å². The van der Waals surface area contributed by atoms with Crippen LogP contribution in [0.4, 0.5) is 0 Å². The van der Waals surface area contributed by atoms with Crippen molar-refractivity contribution < 1.29 is 4.79 Å². The van der Waals surface area contributed by atoms with Crippen molar-refractivity contribution in [1.29, 1.82) is 0 Å². The quantitative estimate of drug-likeness (QED) is 0.810. The molecule has 1 aliphatic carbocycles. The van der Waals surface area contributed by atoms with E-state index in [0.717, 1.165) is 12.8 Å². The summed E-state index contributed by atoms with van der Waals surface area (Å²) in [5.74, 6) is 1.08. The first-order valence-electron chi connectivity index (χ1n) is 7.34. The largest absolute Gasteiger partial charge is 0.353 e. The molecule has 0 heterocycles. The van der Waals surface area contributed by atoms with E-state index in [1.165, 1.54) is 12.8 Å². The number of carbonyl (C=O) groups is 1. The minimum atomic E-state index is 0.192. The lowest BCUT2D eigenvalue weighted by atomic mass is 9.79. The van der Waals surface area contributed by atoms with Crippen LogP contribution in [-0.4, -0.2) is 18.5 Å². The Hall–Kier alpha value is -0.570. The van der Waals surface area contributed by atoms with Gasteiger partial charge in [-0.25, -0.2) is 0 Å². The molecule has 3 N–H and O–H groups in total. The molecule has 1 saturated carbocycles. The molecule has 1 rings (SSSR count). The van der Waals surface area contributed by atoms with Gasteiger partial charge in [0, 0.05) is 12.5 Å². The van der Waals surface area contributed by atoms with E-state index in [-0.39, 0.29) is 11.3 Å². The van der Waals surface area contributed by atoms with Gasteiger partial charge >= 0.3 is 0 Å². The second kappa shape index (κ2) is 6.55. The van der Waals surface area contributed by atoms with Crippen molar-refractivity contribution >= 4 is 5.91 Å². The number of hydrogen-bond acceptors (Lipinski definition) is 2. The molecule has 3 atom stereocenters. The molecular weight excluding hydrogens is 224 g/mol. The Labute approximate surface area is 112 Å². The maximum absolute atomic E-state index is 12.1. The van der Waals surface area contributed by atoms with Gasteiger partial charge in [-0.2, -0.15) is 0 Å². The predicted molar refractivity (Wildman–Crippen MR) is 76.2 cm³/mol. The Morgan fingerprint density at radius 1 is 1.33 bits per heavy atom. The molecule has 3 nitrogen and oxygen atoms in total. The maximum atomic E-state index is 12.1. The fraction of sp³-hybridized carbons (Fsp3) is 0.933. The minimum Gasteiger partial charge on any atom is -0.353 e. The van der Waals surface area contributed by atoms with Crippen molar-refractivity contribution in [3.05, 3.63) is 0 Å². The Morgan fingerprint density at radius 2 is 1.94 bits per heavy atom. The van der Waals surface area contributed by atoms with E-state index in [1.54, 1.807) is 0 Å². The third-order valence-electron chi connectivity index (χ3n) is 4.53. The van der Waals surface area contributed by atoms with Crippen LogP contribution in [0.3, 0.4) is 0 Å². The minimum absolute atomic E-state index is 0.192. The Morgan fingerprint density at radius 3 is 2.50 bits per heavy atom. The van der Waals surface area contributed by atoms with Gasteiger partial charge in [0.25, 0.3) is 0 Å². The lowest BCUT2D eigenvalue weighted by molar-refractivity contribution is -0.124. The van der Waals surface area contributed by atoms with Gasteiger partial charge in [-0.1, -0.05) is 40.5 Å². The smallest absolute Gasteiger partial charge is 0.220 e. The van der Waals surface area contributed by atoms with Crippen LogP contribution in [0.15, 0.2) is 0 Å². The van der Waals surface area contributed by atoms with Crippen LogP contribution in [0.2, 0.25) is 0 Å². The van der Waals surface area contributed by atoms with E-state index < -0.39 is 0 Å². The summed E-state index contributed by atoms with van der Waals surface area (Å²) < 4.78 is 0. The number of carbonyl (C=O) groups excluding carboxylic acids is 1. The summed E-state index contributed by atoms with van der Waals surface area (Å²) in [5, 5.41) is 3.20. The molecule has 1 aliphatic rings. The molecule has 0 aromatic heterocycles. The molecule has 0 aliphatic heterocycles. The van der Waals surface area contributed by atoms with Gasteiger partial charge in [0.15, 0.2) is 0 Å². The number of amides is 1. The molecule has 0 aromatic rings. The van der Waals surface area contributed by atoms with E-state index in [4.69, 9.17) is 5.73 Å². The van der Waals surface area contributed by atoms with Crippen LogP contribution in [0, 0.1) is 17.3 Å². The van der Waals surface area contributed by atoms with Crippen LogP contribution < -0.4 is 11.1 Å². The highest BCUT2D eigenvalue weighted by Crippen LogP contribution is 2.28. The number of nitrogens with two attached hydrogens (primary N) is 1. The average molecular weight is 254 g/mol. The zero-order valence-electron chi connectivity index (χ0n) is 12.5. The van der Waals surface area contributed by atoms with Gasteiger partial charge in [-0.3, -0.25) is 4.79 Å². The first kappa shape index (κ1) is 15.5. The van der Waals surface area contributed by atoms with Gasteiger partial charge < -0.3 is 11.1 Å². The van der Waals surface area contributed by atoms with Crippen LogP contribution in [0.25, 0.3) is 0 Å². The van der Waals surface area contributed by atoms with Crippen molar-refractivity contribution in [2.24, 2.45) is 23.0 Å². The van der Waals surface area contributed by atoms with E-state index >= 15 is 0 Å². The highest BCUT2D eigenvalue weighted by molar-refractivity contribution is 5.76. The second-order valence-corrected chi connectivity index (χ2v) is 6.93. The Balaban J connectivity index is 2.43. The zero-order chi connectivity index (χ0) is 13.8. The summed E-state index contributed by atoms with van der Waals surface area (Å²) in [6.07, 6.45) is 5.36. The van der Waals surface area contributed by atoms with Crippen molar-refractivity contribution in [3.63, 3.8) is 0 Å². The standard InChI is InChI=1S/C15H30N2O/c1-11(15(2,3)4)9-14(18)17-13-8-6-5-7-12(13)10-16/h11-13H,5-10,16H2,1-4H3,(H,17,18). The van der Waals surface area contributed by atoms with Gasteiger partial charge in [0.05, 0.1) is 0 Å². The molecule has 0 aromatic carbocycles. The SMILES string of the molecule is CC(CC(=O)NC1CCCCC1CN)C(C)(C)C. The van der Waals surface area contributed by atoms with Gasteiger partial charge in [0.1, 0.15) is 0 Å². The van der Waals surface area contributed by atoms with Gasteiger partial charge in [-0.05, 0) is 36.6 Å².